The fourth-order valence-corrected chi connectivity index (χ4v) is 4.98. The van der Waals surface area contributed by atoms with Gasteiger partial charge in [0, 0.05) is 32.8 Å². The van der Waals surface area contributed by atoms with Crippen molar-refractivity contribution in [2.24, 2.45) is 5.41 Å². The Hall–Kier alpha value is -0.170. The molecule has 6 heteroatoms. The number of hydrogen-bond acceptors (Lipinski definition) is 4. The lowest BCUT2D eigenvalue weighted by Gasteiger charge is -2.43. The fourth-order valence-electron chi connectivity index (χ4n) is 4.18. The average molecular weight is 333 g/mol. The second kappa shape index (κ2) is 8.08. The fraction of sp³-hybridized carbons (Fsp3) is 1.00. The molecule has 0 aromatic rings. The van der Waals surface area contributed by atoms with Crippen LogP contribution in [0.25, 0.3) is 0 Å². The van der Waals surface area contributed by atoms with Gasteiger partial charge in [0.2, 0.25) is 10.0 Å². The molecule has 130 valence electrons. The number of nitrogens with one attached hydrogen (secondary N) is 1. The summed E-state index contributed by atoms with van der Waals surface area (Å²) in [5, 5.41) is 0. The molecule has 5 nitrogen and oxygen atoms in total. The molecular weight excluding hydrogens is 300 g/mol. The molecular formula is C16H32N2O3S. The molecule has 0 amide bonds. The van der Waals surface area contributed by atoms with Crippen LogP contribution in [0, 0.1) is 5.41 Å². The number of ether oxygens (including phenoxy) is 1. The van der Waals surface area contributed by atoms with Gasteiger partial charge in [-0.2, -0.15) is 0 Å². The van der Waals surface area contributed by atoms with Crippen molar-refractivity contribution in [1.82, 2.24) is 9.62 Å². The molecule has 1 saturated carbocycles. The first-order chi connectivity index (χ1) is 10.4. The third-order valence-corrected chi connectivity index (χ3v) is 5.96. The van der Waals surface area contributed by atoms with Crippen LogP contribution in [0.5, 0.6) is 0 Å². The molecule has 0 radical (unpaired) electrons. The maximum Gasteiger partial charge on any atom is 0.208 e. The predicted octanol–water partition coefficient (Wildman–Crippen LogP) is 1.99. The molecule has 0 aromatic heterocycles. The monoisotopic (exact) mass is 332 g/mol. The van der Waals surface area contributed by atoms with Gasteiger partial charge in [0.1, 0.15) is 0 Å². The largest absolute Gasteiger partial charge is 0.385 e. The highest BCUT2D eigenvalue weighted by Crippen LogP contribution is 2.40. The number of hydrogen-bond donors (Lipinski definition) is 1. The van der Waals surface area contributed by atoms with Gasteiger partial charge >= 0.3 is 0 Å². The van der Waals surface area contributed by atoms with E-state index in [4.69, 9.17) is 4.74 Å². The van der Waals surface area contributed by atoms with Crippen LogP contribution >= 0.6 is 0 Å². The van der Waals surface area contributed by atoms with Crippen LogP contribution in [0.3, 0.4) is 0 Å². The van der Waals surface area contributed by atoms with Gasteiger partial charge in [0.15, 0.2) is 0 Å². The number of sulfonamides is 1. The summed E-state index contributed by atoms with van der Waals surface area (Å²) in [6, 6.07) is 0.0758. The van der Waals surface area contributed by atoms with Crippen LogP contribution in [0.15, 0.2) is 0 Å². The van der Waals surface area contributed by atoms with E-state index in [2.05, 4.69) is 9.62 Å². The maximum absolute atomic E-state index is 11.5. The Morgan fingerprint density at radius 2 is 1.95 bits per heavy atom. The summed E-state index contributed by atoms with van der Waals surface area (Å²) in [4.78, 5) is 2.48. The normalized spacial score (nSPS) is 26.9. The Morgan fingerprint density at radius 1 is 1.23 bits per heavy atom. The van der Waals surface area contributed by atoms with E-state index in [1.54, 1.807) is 7.11 Å². The molecule has 2 aliphatic rings. The topological polar surface area (TPSA) is 58.6 Å². The molecule has 2 fully saturated rings. The lowest BCUT2D eigenvalue weighted by Crippen LogP contribution is -2.50. The van der Waals surface area contributed by atoms with Crippen LogP contribution in [0.1, 0.15) is 51.4 Å². The number of rotatable bonds is 7. The lowest BCUT2D eigenvalue weighted by molar-refractivity contribution is 0.0502. The van der Waals surface area contributed by atoms with E-state index in [0.29, 0.717) is 5.41 Å². The second-order valence-corrected chi connectivity index (χ2v) is 9.05. The van der Waals surface area contributed by atoms with Crippen molar-refractivity contribution in [2.75, 3.05) is 39.6 Å². The smallest absolute Gasteiger partial charge is 0.208 e. The summed E-state index contributed by atoms with van der Waals surface area (Å²) < 4.78 is 31.0. The zero-order chi connectivity index (χ0) is 16.1. The van der Waals surface area contributed by atoms with Crippen LogP contribution in [-0.4, -0.2) is 59.0 Å². The first-order valence-corrected chi connectivity index (χ1v) is 10.5. The number of methoxy groups -OCH3 is 1. The van der Waals surface area contributed by atoms with Gasteiger partial charge in [0.25, 0.3) is 0 Å². The van der Waals surface area contributed by atoms with E-state index in [9.17, 15) is 8.42 Å². The maximum atomic E-state index is 11.5. The van der Waals surface area contributed by atoms with Crippen LogP contribution in [-0.2, 0) is 14.8 Å². The Balaban J connectivity index is 1.93. The molecule has 1 aliphatic carbocycles. The van der Waals surface area contributed by atoms with Gasteiger partial charge in [-0.1, -0.05) is 19.3 Å². The summed E-state index contributed by atoms with van der Waals surface area (Å²) in [6.07, 6.45) is 11.0. The van der Waals surface area contributed by atoms with Gasteiger partial charge in [-0.15, -0.1) is 0 Å². The molecule has 0 spiro atoms. The van der Waals surface area contributed by atoms with Crippen LogP contribution in [0.4, 0.5) is 0 Å². The van der Waals surface area contributed by atoms with Gasteiger partial charge in [-0.25, -0.2) is 13.1 Å². The van der Waals surface area contributed by atoms with Crippen molar-refractivity contribution in [2.45, 2.75) is 57.4 Å². The molecule has 0 bridgehead atoms. The number of nitrogens with zero attached hydrogens (tertiary/aromatic N) is 1. The molecule has 1 atom stereocenters. The molecule has 1 aliphatic heterocycles. The summed E-state index contributed by atoms with van der Waals surface area (Å²) in [5.41, 5.74) is 0.376. The Labute approximate surface area is 135 Å². The van der Waals surface area contributed by atoms with Crippen LogP contribution < -0.4 is 4.72 Å². The average Bonchev–Trinajstić information content (AvgIpc) is 2.45. The molecule has 2 rings (SSSR count). The van der Waals surface area contributed by atoms with E-state index in [-0.39, 0.29) is 6.04 Å². The van der Waals surface area contributed by atoms with Crippen LogP contribution in [0.2, 0.25) is 0 Å². The minimum atomic E-state index is -3.11. The van der Waals surface area contributed by atoms with Gasteiger partial charge in [-0.3, -0.25) is 0 Å². The summed E-state index contributed by atoms with van der Waals surface area (Å²) in [7, 11) is -1.33. The summed E-state index contributed by atoms with van der Waals surface area (Å²) in [5.74, 6) is 0. The Bertz CT molecular complexity index is 433. The van der Waals surface area contributed by atoms with Gasteiger partial charge in [0.05, 0.1) is 6.26 Å². The van der Waals surface area contributed by atoms with Crippen molar-refractivity contribution < 1.29 is 13.2 Å². The second-order valence-electron chi connectivity index (χ2n) is 7.27. The Morgan fingerprint density at radius 3 is 2.59 bits per heavy atom. The third kappa shape index (κ3) is 5.80. The molecule has 1 unspecified atom stereocenters. The highest BCUT2D eigenvalue weighted by atomic mass is 32.2. The van der Waals surface area contributed by atoms with E-state index in [0.717, 1.165) is 45.5 Å². The third-order valence-electron chi connectivity index (χ3n) is 5.20. The number of piperidine rings is 1. The highest BCUT2D eigenvalue weighted by Gasteiger charge is 2.35. The van der Waals surface area contributed by atoms with E-state index in [1.807, 2.05) is 0 Å². The minimum Gasteiger partial charge on any atom is -0.385 e. The first-order valence-electron chi connectivity index (χ1n) is 8.61. The molecule has 0 aromatic carbocycles. The highest BCUT2D eigenvalue weighted by molar-refractivity contribution is 7.88. The quantitative estimate of drug-likeness (QED) is 0.774. The molecule has 1 heterocycles. The van der Waals surface area contributed by atoms with Crippen molar-refractivity contribution in [1.29, 1.82) is 0 Å². The Kier molecular flexibility index (Phi) is 6.68. The molecule has 1 N–H and O–H groups in total. The van der Waals surface area contributed by atoms with Crippen molar-refractivity contribution in [3.05, 3.63) is 0 Å². The standard InChI is InChI=1S/C16H32N2O3S/c1-21-12-10-16(8-4-3-5-9-16)14-18-11-6-7-15(13-18)17-22(2,19)20/h15,17H,3-14H2,1-2H3. The van der Waals surface area contributed by atoms with Gasteiger partial charge < -0.3 is 9.64 Å². The minimum absolute atomic E-state index is 0.0758. The predicted molar refractivity (Wildman–Crippen MR) is 89.5 cm³/mol. The first kappa shape index (κ1) is 18.2. The molecule has 1 saturated heterocycles. The van der Waals surface area contributed by atoms with E-state index >= 15 is 0 Å². The van der Waals surface area contributed by atoms with Crippen molar-refractivity contribution >= 4 is 10.0 Å². The SMILES string of the molecule is COCCC1(CN2CCCC(NS(C)(=O)=O)C2)CCCCC1. The zero-order valence-corrected chi connectivity index (χ0v) is 15.0. The van der Waals surface area contributed by atoms with Crippen molar-refractivity contribution in [3.63, 3.8) is 0 Å². The molecule has 22 heavy (non-hydrogen) atoms. The summed E-state index contributed by atoms with van der Waals surface area (Å²) >= 11 is 0. The number of likely N-dealkylation sites (tertiary alicyclic amines) is 1. The van der Waals surface area contributed by atoms with E-state index < -0.39 is 10.0 Å². The van der Waals surface area contributed by atoms with E-state index in [1.165, 1.54) is 38.4 Å². The summed E-state index contributed by atoms with van der Waals surface area (Å²) in [6.45, 7) is 3.87. The zero-order valence-electron chi connectivity index (χ0n) is 14.1. The van der Waals surface area contributed by atoms with Crippen molar-refractivity contribution in [3.8, 4) is 0 Å². The lowest BCUT2D eigenvalue weighted by atomic mass is 9.71. The van der Waals surface area contributed by atoms with Gasteiger partial charge in [-0.05, 0) is 44.1 Å².